The van der Waals surface area contributed by atoms with E-state index in [-0.39, 0.29) is 12.0 Å². The second-order valence-electron chi connectivity index (χ2n) is 14.0. The van der Waals surface area contributed by atoms with Crippen molar-refractivity contribution in [2.75, 3.05) is 19.7 Å². The predicted molar refractivity (Wildman–Crippen MR) is 169 cm³/mol. The lowest BCUT2D eigenvalue weighted by Crippen LogP contribution is -2.42. The van der Waals surface area contributed by atoms with E-state index in [0.29, 0.717) is 38.6 Å². The van der Waals surface area contributed by atoms with Crippen LogP contribution in [0.2, 0.25) is 25.7 Å². The number of pyridine rings is 1. The molecule has 1 unspecified atom stereocenters. The van der Waals surface area contributed by atoms with Crippen LogP contribution in [0.3, 0.4) is 0 Å². The van der Waals surface area contributed by atoms with Gasteiger partial charge in [0.15, 0.2) is 0 Å². The van der Waals surface area contributed by atoms with Crippen LogP contribution in [0.1, 0.15) is 70.6 Å². The highest BCUT2D eigenvalue weighted by atomic mass is 28.3. The number of rotatable bonds is 9. The molecule has 4 rings (SSSR count). The number of likely N-dealkylation sites (tertiary alicyclic amines) is 1. The third-order valence-electron chi connectivity index (χ3n) is 7.84. The van der Waals surface area contributed by atoms with Crippen molar-refractivity contribution in [3.63, 3.8) is 0 Å². The van der Waals surface area contributed by atoms with Gasteiger partial charge >= 0.3 is 6.09 Å². The van der Waals surface area contributed by atoms with E-state index in [9.17, 15) is 9.90 Å². The summed E-state index contributed by atoms with van der Waals surface area (Å²) in [6, 6.07) is 11.7. The highest BCUT2D eigenvalue weighted by Crippen LogP contribution is 2.38. The number of benzene rings is 1. The van der Waals surface area contributed by atoms with E-state index in [1.807, 2.05) is 33.2 Å². The Kier molecular flexibility index (Phi) is 9.66. The maximum absolute atomic E-state index is 12.6. The van der Waals surface area contributed by atoms with E-state index >= 15 is 0 Å². The molecule has 7 nitrogen and oxygen atoms in total. The number of ether oxygens (including phenoxy) is 2. The molecule has 1 aliphatic heterocycles. The van der Waals surface area contributed by atoms with Crippen LogP contribution >= 0.6 is 0 Å². The minimum absolute atomic E-state index is 0.0418. The van der Waals surface area contributed by atoms with Crippen molar-refractivity contribution >= 4 is 25.1 Å². The molecule has 1 fully saturated rings. The van der Waals surface area contributed by atoms with Gasteiger partial charge in [-0.25, -0.2) is 4.79 Å². The molecule has 8 heteroatoms. The van der Waals surface area contributed by atoms with E-state index < -0.39 is 19.8 Å². The molecule has 1 N–H and O–H groups in total. The van der Waals surface area contributed by atoms with Gasteiger partial charge in [-0.3, -0.25) is 4.98 Å². The van der Waals surface area contributed by atoms with E-state index in [1.165, 1.54) is 5.56 Å². The summed E-state index contributed by atoms with van der Waals surface area (Å²) in [4.78, 5) is 19.2. The Morgan fingerprint density at radius 3 is 2.44 bits per heavy atom. The number of fused-ring (bicyclic) bond motifs is 1. The fourth-order valence-electron chi connectivity index (χ4n) is 5.46. The van der Waals surface area contributed by atoms with Crippen LogP contribution in [0, 0.1) is 5.92 Å². The number of hydrogen-bond acceptors (Lipinski definition) is 5. The monoisotopic (exact) mass is 579 g/mol. The SMILES string of the molecule is CC(C)c1ccccc1-c1cc2c(C(O)C3CCN(C(=O)OC(C)(C)C)CC3)cn(COCC[Si](C)(C)C)c2cn1. The molecule has 3 heterocycles. The van der Waals surface area contributed by atoms with Gasteiger partial charge in [-0.05, 0) is 63.1 Å². The van der Waals surface area contributed by atoms with Crippen LogP contribution < -0.4 is 0 Å². The molecule has 1 amide bonds. The fourth-order valence-corrected chi connectivity index (χ4v) is 6.21. The Morgan fingerprint density at radius 1 is 1.12 bits per heavy atom. The number of amides is 1. The van der Waals surface area contributed by atoms with E-state index in [4.69, 9.17) is 14.5 Å². The summed E-state index contributed by atoms with van der Waals surface area (Å²) in [5.41, 5.74) is 4.62. The molecular weight excluding hydrogens is 530 g/mol. The third kappa shape index (κ3) is 7.99. The lowest BCUT2D eigenvalue weighted by molar-refractivity contribution is 0.00774. The molecule has 41 heavy (non-hydrogen) atoms. The summed E-state index contributed by atoms with van der Waals surface area (Å²) >= 11 is 0. The van der Waals surface area contributed by atoms with Gasteiger partial charge in [0.2, 0.25) is 0 Å². The number of aliphatic hydroxyl groups is 1. The topological polar surface area (TPSA) is 76.8 Å². The van der Waals surface area contributed by atoms with Gasteiger partial charge in [-0.15, -0.1) is 0 Å². The smallest absolute Gasteiger partial charge is 0.410 e. The third-order valence-corrected chi connectivity index (χ3v) is 9.54. The second kappa shape index (κ2) is 12.7. The largest absolute Gasteiger partial charge is 0.444 e. The number of piperidine rings is 1. The fraction of sp³-hybridized carbons (Fsp3) is 0.576. The molecule has 1 atom stereocenters. The summed E-state index contributed by atoms with van der Waals surface area (Å²) < 4.78 is 13.8. The van der Waals surface area contributed by atoms with Gasteiger partial charge in [0.05, 0.1) is 23.5 Å². The summed E-state index contributed by atoms with van der Waals surface area (Å²) in [5.74, 6) is 0.411. The molecule has 0 radical (unpaired) electrons. The van der Waals surface area contributed by atoms with Crippen molar-refractivity contribution in [2.45, 2.75) is 97.5 Å². The Morgan fingerprint density at radius 2 is 1.80 bits per heavy atom. The van der Waals surface area contributed by atoms with E-state index in [2.05, 4.69) is 68.4 Å². The number of hydrogen-bond donors (Lipinski definition) is 1. The van der Waals surface area contributed by atoms with Crippen molar-refractivity contribution in [1.82, 2.24) is 14.5 Å². The molecule has 0 bridgehead atoms. The number of aliphatic hydroxyl groups excluding tert-OH is 1. The van der Waals surface area contributed by atoms with Gasteiger partial charge in [0, 0.05) is 50.5 Å². The van der Waals surface area contributed by atoms with Crippen molar-refractivity contribution in [1.29, 1.82) is 0 Å². The first-order chi connectivity index (χ1) is 19.2. The number of carbonyl (C=O) groups excluding carboxylic acids is 1. The number of aromatic nitrogens is 2. The summed E-state index contributed by atoms with van der Waals surface area (Å²) in [7, 11) is -1.19. The number of carbonyl (C=O) groups is 1. The molecule has 0 aliphatic carbocycles. The van der Waals surface area contributed by atoms with Crippen LogP contribution in [-0.2, 0) is 16.2 Å². The van der Waals surface area contributed by atoms with Crippen molar-refractivity contribution < 1.29 is 19.4 Å². The Balaban J connectivity index is 1.62. The molecule has 2 aromatic heterocycles. The maximum atomic E-state index is 12.6. The zero-order valence-corrected chi connectivity index (χ0v) is 27.2. The first kappa shape index (κ1) is 31.3. The predicted octanol–water partition coefficient (Wildman–Crippen LogP) is 7.82. The minimum atomic E-state index is -1.19. The average molecular weight is 580 g/mol. The Labute approximate surface area is 246 Å². The quantitative estimate of drug-likeness (QED) is 0.207. The standard InChI is InChI=1S/C33H49N3O4Si/c1-23(2)25-11-9-10-12-26(25)29-19-27-28(21-36(30(27)20-34-29)22-39-17-18-41(6,7)8)31(37)24-13-15-35(16-14-24)32(38)40-33(3,4)5/h9-12,19-21,23-24,31,37H,13-18,22H2,1-8H3. The van der Waals surface area contributed by atoms with Gasteiger partial charge in [-0.2, -0.15) is 0 Å². The lowest BCUT2D eigenvalue weighted by Gasteiger charge is -2.35. The van der Waals surface area contributed by atoms with Crippen LogP contribution in [0.5, 0.6) is 0 Å². The lowest BCUT2D eigenvalue weighted by atomic mass is 9.87. The summed E-state index contributed by atoms with van der Waals surface area (Å²) in [6.07, 6.45) is 4.46. The molecule has 1 aromatic carbocycles. The average Bonchev–Trinajstić information content (AvgIpc) is 3.27. The molecule has 1 saturated heterocycles. The van der Waals surface area contributed by atoms with E-state index in [0.717, 1.165) is 40.4 Å². The molecule has 0 saturated carbocycles. The Bertz CT molecular complexity index is 1330. The Hall–Kier alpha value is -2.68. The van der Waals surface area contributed by atoms with Crippen LogP contribution in [0.25, 0.3) is 22.2 Å². The maximum Gasteiger partial charge on any atom is 0.410 e. The van der Waals surface area contributed by atoms with E-state index in [1.54, 1.807) is 4.90 Å². The normalized spacial score (nSPS) is 16.0. The van der Waals surface area contributed by atoms with Gasteiger partial charge in [-0.1, -0.05) is 57.8 Å². The molecule has 224 valence electrons. The highest BCUT2D eigenvalue weighted by molar-refractivity contribution is 6.76. The first-order valence-electron chi connectivity index (χ1n) is 15.1. The summed E-state index contributed by atoms with van der Waals surface area (Å²) in [6.45, 7) is 19.4. The van der Waals surface area contributed by atoms with Gasteiger partial charge in [0.25, 0.3) is 0 Å². The van der Waals surface area contributed by atoms with Crippen LogP contribution in [0.15, 0.2) is 42.7 Å². The van der Waals surface area contributed by atoms with Crippen LogP contribution in [0.4, 0.5) is 4.79 Å². The van der Waals surface area contributed by atoms with Crippen molar-refractivity contribution in [3.8, 4) is 11.3 Å². The van der Waals surface area contributed by atoms with Crippen molar-refractivity contribution in [2.24, 2.45) is 5.92 Å². The zero-order chi connectivity index (χ0) is 29.9. The zero-order valence-electron chi connectivity index (χ0n) is 26.2. The molecule has 3 aromatic rings. The molecular formula is C33H49N3O4Si. The minimum Gasteiger partial charge on any atom is -0.444 e. The summed E-state index contributed by atoms with van der Waals surface area (Å²) in [5, 5.41) is 12.8. The first-order valence-corrected chi connectivity index (χ1v) is 18.8. The van der Waals surface area contributed by atoms with Gasteiger partial charge < -0.3 is 24.0 Å². The highest BCUT2D eigenvalue weighted by Gasteiger charge is 2.32. The molecule has 1 aliphatic rings. The number of nitrogens with zero attached hydrogens (tertiary/aromatic N) is 3. The van der Waals surface area contributed by atoms with Gasteiger partial charge in [0.1, 0.15) is 12.3 Å². The van der Waals surface area contributed by atoms with Crippen LogP contribution in [-0.4, -0.2) is 59.0 Å². The second-order valence-corrected chi connectivity index (χ2v) is 19.6. The van der Waals surface area contributed by atoms with Crippen molar-refractivity contribution in [3.05, 3.63) is 53.9 Å². The molecule has 0 spiro atoms.